The molecule has 0 spiro atoms. The molecule has 2 bridgehead atoms. The number of nitrogens with zero attached hydrogens (tertiary/aromatic N) is 3. The van der Waals surface area contributed by atoms with Crippen LogP contribution in [-0.4, -0.2) is 70.5 Å². The van der Waals surface area contributed by atoms with Crippen molar-refractivity contribution in [2.75, 3.05) is 26.2 Å². The van der Waals surface area contributed by atoms with E-state index in [2.05, 4.69) is 5.32 Å². The van der Waals surface area contributed by atoms with E-state index in [1.807, 2.05) is 67.6 Å². The maximum absolute atomic E-state index is 14.2. The first-order valence-electron chi connectivity index (χ1n) is 16.3. The Bertz CT molecular complexity index is 1520. The molecule has 4 amide bonds. The largest absolute Gasteiger partial charge is 0.352 e. The monoisotopic (exact) mass is 642 g/mol. The van der Waals surface area contributed by atoms with Gasteiger partial charge in [-0.25, -0.2) is 0 Å². The van der Waals surface area contributed by atoms with Crippen molar-refractivity contribution in [3.05, 3.63) is 95.0 Å². The van der Waals surface area contributed by atoms with Gasteiger partial charge < -0.3 is 20.0 Å². The maximum atomic E-state index is 14.2. The number of rotatable bonds is 7. The van der Waals surface area contributed by atoms with E-state index in [4.69, 9.17) is 11.6 Å². The molecule has 9 heteroatoms. The first-order chi connectivity index (χ1) is 22.3. The third-order valence-electron chi connectivity index (χ3n) is 8.94. The van der Waals surface area contributed by atoms with Crippen molar-refractivity contribution in [1.29, 1.82) is 0 Å². The Morgan fingerprint density at radius 2 is 1.39 bits per heavy atom. The zero-order chi connectivity index (χ0) is 32.5. The van der Waals surface area contributed by atoms with Crippen molar-refractivity contribution in [2.24, 2.45) is 5.92 Å². The minimum Gasteiger partial charge on any atom is -0.352 e. The minimum atomic E-state index is -0.349. The van der Waals surface area contributed by atoms with Gasteiger partial charge in [0.05, 0.1) is 13.1 Å². The second-order valence-electron chi connectivity index (χ2n) is 12.5. The molecule has 2 saturated heterocycles. The average Bonchev–Trinajstić information content (AvgIpc) is 3.05. The van der Waals surface area contributed by atoms with E-state index in [0.717, 1.165) is 54.4 Å². The van der Waals surface area contributed by atoms with Gasteiger partial charge in [0.15, 0.2) is 0 Å². The van der Waals surface area contributed by atoms with Crippen LogP contribution in [0.1, 0.15) is 56.6 Å². The number of amides is 4. The van der Waals surface area contributed by atoms with Crippen LogP contribution in [0, 0.1) is 5.92 Å². The number of carbonyl (C=O) groups excluding carboxylic acids is 4. The number of benzene rings is 3. The Morgan fingerprint density at radius 1 is 0.717 bits per heavy atom. The Hall–Kier alpha value is -4.17. The van der Waals surface area contributed by atoms with Gasteiger partial charge in [-0.1, -0.05) is 85.3 Å². The first kappa shape index (κ1) is 33.2. The molecule has 3 aromatic rings. The van der Waals surface area contributed by atoms with E-state index < -0.39 is 0 Å². The van der Waals surface area contributed by atoms with Gasteiger partial charge >= 0.3 is 0 Å². The summed E-state index contributed by atoms with van der Waals surface area (Å²) in [4.78, 5) is 59.7. The predicted octanol–water partition coefficient (Wildman–Crippen LogP) is 5.68. The molecule has 1 saturated carbocycles. The summed E-state index contributed by atoms with van der Waals surface area (Å²) in [6.07, 6.45) is 4.34. The van der Waals surface area contributed by atoms with Crippen molar-refractivity contribution < 1.29 is 19.2 Å². The number of nitrogens with one attached hydrogen (secondary N) is 1. The van der Waals surface area contributed by atoms with Crippen molar-refractivity contribution in [3.8, 4) is 11.1 Å². The zero-order valence-electron chi connectivity index (χ0n) is 26.5. The third kappa shape index (κ3) is 8.97. The fourth-order valence-corrected chi connectivity index (χ4v) is 6.72. The normalized spacial score (nSPS) is 20.3. The standard InChI is InChI=1S/C37H43ClN4O4/c1-2-19-40-25-36(45)41(22-28-9-8-13-31(38)20-28)26-37(46)42(23-30-12-6-7-14-33(30)29-10-4-3-5-11-29)24-34(43)39-32-17-15-27(16-18-32)21-35(40)44/h3-14,20,27,32H,2,15-19,21-26H2,1H3,(H,39,43). The van der Waals surface area contributed by atoms with Crippen LogP contribution in [0.5, 0.6) is 0 Å². The highest BCUT2D eigenvalue weighted by atomic mass is 35.5. The van der Waals surface area contributed by atoms with Gasteiger partial charge in [0.2, 0.25) is 23.6 Å². The maximum Gasteiger partial charge on any atom is 0.242 e. The quantitative estimate of drug-likeness (QED) is 0.336. The number of halogens is 1. The molecule has 0 aromatic heterocycles. The van der Waals surface area contributed by atoms with Crippen LogP contribution in [-0.2, 0) is 32.3 Å². The van der Waals surface area contributed by atoms with Crippen LogP contribution < -0.4 is 5.32 Å². The molecule has 46 heavy (non-hydrogen) atoms. The summed E-state index contributed by atoms with van der Waals surface area (Å²) in [5, 5.41) is 3.68. The minimum absolute atomic E-state index is 0.00738. The van der Waals surface area contributed by atoms with E-state index in [0.29, 0.717) is 18.0 Å². The van der Waals surface area contributed by atoms with Gasteiger partial charge in [-0.15, -0.1) is 0 Å². The van der Waals surface area contributed by atoms with Gasteiger partial charge in [0.25, 0.3) is 0 Å². The lowest BCUT2D eigenvalue weighted by Crippen LogP contribution is -2.50. The third-order valence-corrected chi connectivity index (χ3v) is 9.17. The highest BCUT2D eigenvalue weighted by Crippen LogP contribution is 2.28. The molecule has 0 radical (unpaired) electrons. The Labute approximate surface area is 276 Å². The zero-order valence-corrected chi connectivity index (χ0v) is 27.3. The summed E-state index contributed by atoms with van der Waals surface area (Å²) in [5.74, 6) is -0.710. The summed E-state index contributed by atoms with van der Waals surface area (Å²) in [5.41, 5.74) is 3.66. The Kier molecular flexibility index (Phi) is 11.5. The Balaban J connectivity index is 1.48. The Morgan fingerprint density at radius 3 is 2.11 bits per heavy atom. The van der Waals surface area contributed by atoms with Crippen molar-refractivity contribution in [2.45, 2.75) is 64.6 Å². The van der Waals surface area contributed by atoms with E-state index in [1.165, 1.54) is 4.90 Å². The SMILES string of the molecule is CCCN1CC(=O)N(Cc2cccc(Cl)c2)CC(=O)N(Cc2ccccc2-c2ccccc2)CC(=O)NC2CCC(CC2)CC1=O. The van der Waals surface area contributed by atoms with Gasteiger partial charge in [0, 0.05) is 37.1 Å². The molecule has 3 aliphatic rings. The molecule has 6 rings (SSSR count). The molecule has 3 fully saturated rings. The lowest BCUT2D eigenvalue weighted by atomic mass is 9.83. The molecule has 242 valence electrons. The summed E-state index contributed by atoms with van der Waals surface area (Å²) < 4.78 is 0. The number of carbonyl (C=O) groups is 4. The molecule has 1 N–H and O–H groups in total. The highest BCUT2D eigenvalue weighted by molar-refractivity contribution is 6.30. The number of hydrogen-bond donors (Lipinski definition) is 1. The second-order valence-corrected chi connectivity index (χ2v) is 12.9. The molecule has 3 aromatic carbocycles. The van der Waals surface area contributed by atoms with Crippen LogP contribution in [0.2, 0.25) is 5.02 Å². The highest BCUT2D eigenvalue weighted by Gasteiger charge is 2.30. The average molecular weight is 643 g/mol. The van der Waals surface area contributed by atoms with Crippen LogP contribution in [0.25, 0.3) is 11.1 Å². The van der Waals surface area contributed by atoms with Crippen LogP contribution in [0.3, 0.4) is 0 Å². The van der Waals surface area contributed by atoms with E-state index >= 15 is 0 Å². The summed E-state index contributed by atoms with van der Waals surface area (Å²) in [6.45, 7) is 2.33. The van der Waals surface area contributed by atoms with Crippen LogP contribution in [0.4, 0.5) is 0 Å². The van der Waals surface area contributed by atoms with Crippen LogP contribution in [0.15, 0.2) is 78.9 Å². The van der Waals surface area contributed by atoms with Crippen molar-refractivity contribution >= 4 is 35.2 Å². The molecule has 2 heterocycles. The fourth-order valence-electron chi connectivity index (χ4n) is 6.51. The smallest absolute Gasteiger partial charge is 0.242 e. The lowest BCUT2D eigenvalue weighted by Gasteiger charge is -2.33. The van der Waals surface area contributed by atoms with E-state index in [9.17, 15) is 19.2 Å². The van der Waals surface area contributed by atoms with Gasteiger partial charge in [-0.2, -0.15) is 0 Å². The van der Waals surface area contributed by atoms with Gasteiger partial charge in [-0.3, -0.25) is 19.2 Å². The van der Waals surface area contributed by atoms with E-state index in [-0.39, 0.29) is 68.3 Å². The molecular weight excluding hydrogens is 600 g/mol. The van der Waals surface area contributed by atoms with Gasteiger partial charge in [0.1, 0.15) is 6.54 Å². The summed E-state index contributed by atoms with van der Waals surface area (Å²) in [7, 11) is 0. The van der Waals surface area contributed by atoms with Crippen LogP contribution >= 0.6 is 11.6 Å². The number of fused-ring (bicyclic) bond motifs is 13. The predicted molar refractivity (Wildman–Crippen MR) is 180 cm³/mol. The fraction of sp³-hybridized carbons (Fsp3) is 0.405. The topological polar surface area (TPSA) is 90.0 Å². The second kappa shape index (κ2) is 15.9. The molecule has 0 unspecified atom stereocenters. The molecule has 8 nitrogen and oxygen atoms in total. The van der Waals surface area contributed by atoms with Gasteiger partial charge in [-0.05, 0) is 72.4 Å². The summed E-state index contributed by atoms with van der Waals surface area (Å²) in [6, 6.07) is 25.0. The lowest BCUT2D eigenvalue weighted by molar-refractivity contribution is -0.146. The molecule has 1 aliphatic carbocycles. The molecule has 0 atom stereocenters. The molecule has 2 aliphatic heterocycles. The summed E-state index contributed by atoms with van der Waals surface area (Å²) >= 11 is 6.27. The van der Waals surface area contributed by atoms with Crippen molar-refractivity contribution in [3.63, 3.8) is 0 Å². The molecular formula is C37H43ClN4O4. The first-order valence-corrected chi connectivity index (χ1v) is 16.7. The van der Waals surface area contributed by atoms with E-state index in [1.54, 1.807) is 28.0 Å². The van der Waals surface area contributed by atoms with Crippen molar-refractivity contribution in [1.82, 2.24) is 20.0 Å². The number of hydrogen-bond acceptors (Lipinski definition) is 4.